The molecule has 0 saturated carbocycles. The topological polar surface area (TPSA) is 35.5 Å². The molecule has 2 unspecified atom stereocenters. The molecule has 0 bridgehead atoms. The van der Waals surface area contributed by atoms with Crippen LogP contribution in [0.2, 0.25) is 0 Å². The van der Waals surface area contributed by atoms with Crippen molar-refractivity contribution in [2.45, 2.75) is 34.9 Å². The fraction of sp³-hybridized carbons (Fsp3) is 0.316. The van der Waals surface area contributed by atoms with E-state index in [-0.39, 0.29) is 14.0 Å². The molecule has 0 aliphatic heterocycles. The van der Waals surface area contributed by atoms with Gasteiger partial charge >= 0.3 is 0 Å². The third kappa shape index (κ3) is 6.96. The second kappa shape index (κ2) is 9.60. The molecule has 2 rings (SSSR count). The van der Waals surface area contributed by atoms with Crippen LogP contribution in [0.15, 0.2) is 48.5 Å². The molecule has 3 nitrogen and oxygen atoms in total. The Labute approximate surface area is 170 Å². The fourth-order valence-corrected chi connectivity index (χ4v) is 2.85. The lowest BCUT2D eigenvalue weighted by Gasteiger charge is -2.09. The van der Waals surface area contributed by atoms with Gasteiger partial charge in [0.2, 0.25) is 0 Å². The van der Waals surface area contributed by atoms with Gasteiger partial charge in [-0.25, -0.2) is 0 Å². The number of ketones is 1. The minimum Gasteiger partial charge on any atom is -0.480 e. The number of alkyl halides is 2. The van der Waals surface area contributed by atoms with Crippen molar-refractivity contribution in [3.8, 4) is 11.5 Å². The highest BCUT2D eigenvalue weighted by Gasteiger charge is 2.07. The second-order valence-electron chi connectivity index (χ2n) is 5.50. The van der Waals surface area contributed by atoms with E-state index in [1.807, 2.05) is 62.4 Å². The molecular formula is C19H20I2O3. The maximum Gasteiger partial charge on any atom is 0.146 e. The average Bonchev–Trinajstić information content (AvgIpc) is 2.50. The molecule has 2 aromatic rings. The van der Waals surface area contributed by atoms with Crippen LogP contribution >= 0.6 is 45.2 Å². The van der Waals surface area contributed by atoms with E-state index in [0.29, 0.717) is 12.8 Å². The molecule has 0 saturated heterocycles. The molecule has 0 aliphatic rings. The van der Waals surface area contributed by atoms with Gasteiger partial charge in [-0.2, -0.15) is 0 Å². The number of hydrogen-bond acceptors (Lipinski definition) is 3. The Kier molecular flexibility index (Phi) is 7.80. The first-order chi connectivity index (χ1) is 11.4. The van der Waals surface area contributed by atoms with Crippen LogP contribution in [-0.4, -0.2) is 14.0 Å². The molecule has 0 spiro atoms. The smallest absolute Gasteiger partial charge is 0.146 e. The maximum absolute atomic E-state index is 12.2. The normalized spacial score (nSPS) is 13.2. The molecule has 0 N–H and O–H groups in total. The fourth-order valence-electron chi connectivity index (χ4n) is 2.26. The molecule has 2 atom stereocenters. The summed E-state index contributed by atoms with van der Waals surface area (Å²) in [5, 5.41) is 0. The molecular weight excluding hydrogens is 530 g/mol. The van der Waals surface area contributed by atoms with Crippen LogP contribution in [0.3, 0.4) is 0 Å². The summed E-state index contributed by atoms with van der Waals surface area (Å²) in [6, 6.07) is 15.4. The number of rotatable bonds is 8. The van der Waals surface area contributed by atoms with Crippen molar-refractivity contribution in [1.29, 1.82) is 0 Å². The van der Waals surface area contributed by atoms with Gasteiger partial charge < -0.3 is 9.47 Å². The van der Waals surface area contributed by atoms with Crippen LogP contribution in [0.4, 0.5) is 0 Å². The zero-order valence-corrected chi connectivity index (χ0v) is 18.0. The standard InChI is InChI=1S/C19H20I2O3/c1-13(20)23-18-7-3-15(4-8-18)11-17(22)12-16-5-9-19(10-6-16)24-14(2)21/h3-10,13-14H,11-12H2,1-2H3. The van der Waals surface area contributed by atoms with Crippen molar-refractivity contribution < 1.29 is 14.3 Å². The Morgan fingerprint density at radius 1 is 0.792 bits per heavy atom. The van der Waals surface area contributed by atoms with Gasteiger partial charge in [0.05, 0.1) is 0 Å². The van der Waals surface area contributed by atoms with Gasteiger partial charge in [0, 0.05) is 12.8 Å². The number of Topliss-reactive ketones (excluding diaryl/α,β-unsaturated/α-hetero) is 1. The monoisotopic (exact) mass is 550 g/mol. The van der Waals surface area contributed by atoms with Crippen molar-refractivity contribution in [2.24, 2.45) is 0 Å². The molecule has 128 valence electrons. The quantitative estimate of drug-likeness (QED) is 0.328. The Hall–Kier alpha value is -0.830. The SMILES string of the molecule is CC(I)Oc1ccc(CC(=O)Cc2ccc(OC(C)I)cc2)cc1. The van der Waals surface area contributed by atoms with Crippen molar-refractivity contribution in [3.05, 3.63) is 59.7 Å². The lowest BCUT2D eigenvalue weighted by molar-refractivity contribution is -0.117. The van der Waals surface area contributed by atoms with Gasteiger partial charge in [0.1, 0.15) is 25.5 Å². The molecule has 0 amide bonds. The Morgan fingerprint density at radius 2 is 1.12 bits per heavy atom. The first-order valence-corrected chi connectivity index (χ1v) is 10.2. The number of carbonyl (C=O) groups excluding carboxylic acids is 1. The Bertz CT molecular complexity index is 592. The molecule has 24 heavy (non-hydrogen) atoms. The van der Waals surface area contributed by atoms with Crippen LogP contribution in [0.1, 0.15) is 25.0 Å². The van der Waals surface area contributed by atoms with Gasteiger partial charge in [-0.3, -0.25) is 4.79 Å². The summed E-state index contributed by atoms with van der Waals surface area (Å²) >= 11 is 4.42. The Morgan fingerprint density at radius 3 is 1.42 bits per heavy atom. The van der Waals surface area contributed by atoms with E-state index in [4.69, 9.17) is 9.47 Å². The highest BCUT2D eigenvalue weighted by atomic mass is 127. The van der Waals surface area contributed by atoms with Crippen LogP contribution in [0.5, 0.6) is 11.5 Å². The summed E-state index contributed by atoms with van der Waals surface area (Å²) in [4.78, 5) is 12.2. The summed E-state index contributed by atoms with van der Waals surface area (Å²) in [5.41, 5.74) is 2.01. The van der Waals surface area contributed by atoms with E-state index in [1.165, 1.54) is 0 Å². The first-order valence-electron chi connectivity index (χ1n) is 7.73. The van der Waals surface area contributed by atoms with Crippen molar-refractivity contribution >= 4 is 51.0 Å². The van der Waals surface area contributed by atoms with Gasteiger partial charge in [0.15, 0.2) is 0 Å². The molecule has 0 radical (unpaired) electrons. The molecule has 0 fully saturated rings. The van der Waals surface area contributed by atoms with Gasteiger partial charge in [-0.1, -0.05) is 24.3 Å². The third-order valence-electron chi connectivity index (χ3n) is 3.25. The Balaban J connectivity index is 1.88. The third-order valence-corrected chi connectivity index (χ3v) is 3.75. The van der Waals surface area contributed by atoms with Gasteiger partial charge in [-0.15, -0.1) is 0 Å². The van der Waals surface area contributed by atoms with E-state index in [9.17, 15) is 4.79 Å². The van der Waals surface area contributed by atoms with Crippen LogP contribution < -0.4 is 9.47 Å². The lowest BCUT2D eigenvalue weighted by atomic mass is 10.0. The molecule has 0 heterocycles. The molecule has 5 heteroatoms. The molecule has 0 aliphatic carbocycles. The van der Waals surface area contributed by atoms with E-state index < -0.39 is 0 Å². The van der Waals surface area contributed by atoms with E-state index >= 15 is 0 Å². The van der Waals surface area contributed by atoms with Crippen LogP contribution in [-0.2, 0) is 17.6 Å². The predicted molar refractivity (Wildman–Crippen MR) is 114 cm³/mol. The zero-order valence-electron chi connectivity index (χ0n) is 13.7. The number of halogens is 2. The average molecular weight is 550 g/mol. The summed E-state index contributed by atoms with van der Waals surface area (Å²) in [5.74, 6) is 1.85. The highest BCUT2D eigenvalue weighted by molar-refractivity contribution is 14.1. The van der Waals surface area contributed by atoms with Crippen LogP contribution in [0.25, 0.3) is 0 Å². The highest BCUT2D eigenvalue weighted by Crippen LogP contribution is 2.18. The van der Waals surface area contributed by atoms with Crippen molar-refractivity contribution in [1.82, 2.24) is 0 Å². The van der Waals surface area contributed by atoms with E-state index in [2.05, 4.69) is 45.2 Å². The van der Waals surface area contributed by atoms with Crippen molar-refractivity contribution in [3.63, 3.8) is 0 Å². The number of carbonyl (C=O) groups is 1. The number of hydrogen-bond donors (Lipinski definition) is 0. The first kappa shape index (κ1) is 19.5. The summed E-state index contributed by atoms with van der Waals surface area (Å²) < 4.78 is 11.4. The second-order valence-corrected chi connectivity index (χ2v) is 9.01. The summed E-state index contributed by atoms with van der Waals surface area (Å²) in [6.45, 7) is 3.96. The minimum atomic E-state index is 0.122. The van der Waals surface area contributed by atoms with Gasteiger partial charge in [0.25, 0.3) is 0 Å². The minimum absolute atomic E-state index is 0.122. The molecule has 2 aromatic carbocycles. The van der Waals surface area contributed by atoms with Crippen molar-refractivity contribution in [2.75, 3.05) is 0 Å². The van der Waals surface area contributed by atoms with E-state index in [0.717, 1.165) is 22.6 Å². The number of ether oxygens (including phenoxy) is 2. The molecule has 0 aromatic heterocycles. The number of benzene rings is 2. The lowest BCUT2D eigenvalue weighted by Crippen LogP contribution is -2.07. The van der Waals surface area contributed by atoms with E-state index in [1.54, 1.807) is 0 Å². The summed E-state index contributed by atoms with van der Waals surface area (Å²) in [6.07, 6.45) is 0.867. The summed E-state index contributed by atoms with van der Waals surface area (Å²) in [7, 11) is 0. The predicted octanol–water partition coefficient (Wildman–Crippen LogP) is 5.36. The largest absolute Gasteiger partial charge is 0.480 e. The van der Waals surface area contributed by atoms with Gasteiger partial charge in [-0.05, 0) is 94.4 Å². The maximum atomic E-state index is 12.2. The zero-order chi connectivity index (χ0) is 17.5. The van der Waals surface area contributed by atoms with Crippen LogP contribution in [0, 0.1) is 0 Å².